The van der Waals surface area contributed by atoms with E-state index in [1.54, 1.807) is 6.07 Å². The van der Waals surface area contributed by atoms with Crippen LogP contribution < -0.4 is 0 Å². The van der Waals surface area contributed by atoms with Gasteiger partial charge in [-0.1, -0.05) is 29.3 Å². The van der Waals surface area contributed by atoms with Gasteiger partial charge in [-0.05, 0) is 24.7 Å². The Kier molecular flexibility index (Phi) is 4.39. The van der Waals surface area contributed by atoms with Crippen molar-refractivity contribution in [1.82, 2.24) is 4.90 Å². The summed E-state index contributed by atoms with van der Waals surface area (Å²) < 4.78 is 0. The number of nitrogens with zero attached hydrogens (tertiary/aromatic N) is 1. The van der Waals surface area contributed by atoms with Crippen LogP contribution in [0, 0.1) is 0 Å². The summed E-state index contributed by atoms with van der Waals surface area (Å²) in [5.41, 5.74) is 1.07. The third-order valence-corrected chi connectivity index (χ3v) is 2.77. The molecule has 0 fully saturated rings. The molecule has 1 nitrogen and oxygen atoms in total. The molecule has 0 bridgehead atoms. The zero-order chi connectivity index (χ0) is 9.84. The molecule has 0 aliphatic rings. The summed E-state index contributed by atoms with van der Waals surface area (Å²) in [7, 11) is 1.98. The Balaban J connectivity index is 2.77. The van der Waals surface area contributed by atoms with Gasteiger partial charge in [0.2, 0.25) is 0 Å². The first kappa shape index (κ1) is 11.2. The van der Waals surface area contributed by atoms with Crippen LogP contribution >= 0.6 is 35.8 Å². The largest absolute Gasteiger partial charge is 0.293 e. The number of hydrogen-bond acceptors (Lipinski definition) is 2. The first-order valence-electron chi connectivity index (χ1n) is 3.87. The molecule has 0 heterocycles. The molecule has 1 aromatic carbocycles. The van der Waals surface area contributed by atoms with E-state index in [2.05, 4.69) is 17.5 Å². The van der Waals surface area contributed by atoms with Gasteiger partial charge in [0, 0.05) is 22.5 Å². The molecule has 0 N–H and O–H groups in total. The van der Waals surface area contributed by atoms with Crippen LogP contribution in [0.4, 0.5) is 0 Å². The van der Waals surface area contributed by atoms with E-state index >= 15 is 0 Å². The molecule has 1 aromatic rings. The summed E-state index contributed by atoms with van der Waals surface area (Å²) in [6.07, 6.45) is 0. The summed E-state index contributed by atoms with van der Waals surface area (Å²) in [5.74, 6) is 0.707. The van der Waals surface area contributed by atoms with E-state index in [0.29, 0.717) is 15.9 Å². The van der Waals surface area contributed by atoms with E-state index in [1.807, 2.05) is 19.2 Å². The van der Waals surface area contributed by atoms with Crippen LogP contribution in [0.25, 0.3) is 0 Å². The summed E-state index contributed by atoms with van der Waals surface area (Å²) in [6, 6.07) is 5.53. The maximum Gasteiger partial charge on any atom is 0.0465 e. The number of halogens is 2. The van der Waals surface area contributed by atoms with Crippen molar-refractivity contribution in [3.63, 3.8) is 0 Å². The topological polar surface area (TPSA) is 3.24 Å². The fourth-order valence-corrected chi connectivity index (χ4v) is 1.56. The normalized spacial score (nSPS) is 10.8. The summed E-state index contributed by atoms with van der Waals surface area (Å²) >= 11 is 15.9. The molecule has 0 aliphatic carbocycles. The Morgan fingerprint density at radius 2 is 2.08 bits per heavy atom. The second kappa shape index (κ2) is 5.11. The van der Waals surface area contributed by atoms with Gasteiger partial charge in [0.05, 0.1) is 0 Å². The third kappa shape index (κ3) is 3.39. The van der Waals surface area contributed by atoms with E-state index < -0.39 is 0 Å². The highest BCUT2D eigenvalue weighted by Gasteiger charge is 2.03. The molecule has 0 amide bonds. The number of benzene rings is 1. The van der Waals surface area contributed by atoms with Crippen LogP contribution in [0.2, 0.25) is 10.0 Å². The molecule has 0 unspecified atom stereocenters. The highest BCUT2D eigenvalue weighted by atomic mass is 35.5. The van der Waals surface area contributed by atoms with Crippen molar-refractivity contribution in [3.05, 3.63) is 33.8 Å². The fraction of sp³-hybridized carbons (Fsp3) is 0.333. The average Bonchev–Trinajstić information content (AvgIpc) is 2.09. The van der Waals surface area contributed by atoms with Crippen molar-refractivity contribution >= 4 is 35.8 Å². The van der Waals surface area contributed by atoms with Crippen molar-refractivity contribution in [3.8, 4) is 0 Å². The highest BCUT2D eigenvalue weighted by molar-refractivity contribution is 7.80. The fourth-order valence-electron chi connectivity index (χ4n) is 0.991. The Morgan fingerprint density at radius 1 is 1.38 bits per heavy atom. The van der Waals surface area contributed by atoms with Gasteiger partial charge in [-0.3, -0.25) is 4.90 Å². The van der Waals surface area contributed by atoms with Crippen LogP contribution in [0.15, 0.2) is 18.2 Å². The molecule has 0 saturated heterocycles. The molecule has 72 valence electrons. The van der Waals surface area contributed by atoms with Crippen molar-refractivity contribution in [2.45, 2.75) is 6.54 Å². The third-order valence-electron chi connectivity index (χ3n) is 1.70. The zero-order valence-electron chi connectivity index (χ0n) is 7.30. The Bertz CT molecular complexity index is 291. The minimum absolute atomic E-state index is 0.669. The van der Waals surface area contributed by atoms with Crippen molar-refractivity contribution in [2.24, 2.45) is 0 Å². The summed E-state index contributed by atoms with van der Waals surface area (Å²) in [4.78, 5) is 2.05. The van der Waals surface area contributed by atoms with Crippen LogP contribution in [0.1, 0.15) is 5.56 Å². The van der Waals surface area contributed by atoms with Crippen LogP contribution in [0.3, 0.4) is 0 Å². The van der Waals surface area contributed by atoms with E-state index in [1.165, 1.54) is 0 Å². The van der Waals surface area contributed by atoms with Gasteiger partial charge in [0.1, 0.15) is 0 Å². The zero-order valence-corrected chi connectivity index (χ0v) is 9.70. The maximum absolute atomic E-state index is 5.99. The van der Waals surface area contributed by atoms with Crippen molar-refractivity contribution in [1.29, 1.82) is 0 Å². The lowest BCUT2D eigenvalue weighted by atomic mass is 10.2. The molecule has 0 aromatic heterocycles. The van der Waals surface area contributed by atoms with Crippen molar-refractivity contribution < 1.29 is 0 Å². The molecule has 0 radical (unpaired) electrons. The van der Waals surface area contributed by atoms with Gasteiger partial charge in [-0.2, -0.15) is 12.6 Å². The molecule has 0 spiro atoms. The number of rotatable bonds is 3. The first-order chi connectivity index (χ1) is 6.13. The predicted molar refractivity (Wildman–Crippen MR) is 61.8 cm³/mol. The molecule has 1 rings (SSSR count). The Morgan fingerprint density at radius 3 is 2.62 bits per heavy atom. The predicted octanol–water partition coefficient (Wildman–Crippen LogP) is 3.31. The molecular formula is C9H11Cl2NS. The van der Waals surface area contributed by atoms with Crippen LogP contribution in [-0.4, -0.2) is 17.8 Å². The average molecular weight is 236 g/mol. The van der Waals surface area contributed by atoms with E-state index in [-0.39, 0.29) is 0 Å². The number of thiol groups is 1. The molecule has 0 atom stereocenters. The van der Waals surface area contributed by atoms with Gasteiger partial charge in [0.15, 0.2) is 0 Å². The van der Waals surface area contributed by atoms with Crippen LogP contribution in [0.5, 0.6) is 0 Å². The Hall–Kier alpha value is 0.110. The highest BCUT2D eigenvalue weighted by Crippen LogP contribution is 2.21. The van der Waals surface area contributed by atoms with Gasteiger partial charge < -0.3 is 0 Å². The minimum Gasteiger partial charge on any atom is -0.293 e. The Labute approximate surface area is 94.0 Å². The summed E-state index contributed by atoms with van der Waals surface area (Å²) in [5, 5.41) is 1.38. The monoisotopic (exact) mass is 235 g/mol. The first-order valence-corrected chi connectivity index (χ1v) is 5.25. The molecule has 13 heavy (non-hydrogen) atoms. The second-order valence-corrected chi connectivity index (χ2v) is 4.02. The molecule has 0 saturated carbocycles. The molecular weight excluding hydrogens is 225 g/mol. The standard InChI is InChI=1S/C9H11Cl2NS/c1-12(6-13)5-7-2-3-8(10)4-9(7)11/h2-4,13H,5-6H2,1H3. The SMILES string of the molecule is CN(CS)Cc1ccc(Cl)cc1Cl. The van der Waals surface area contributed by atoms with E-state index in [0.717, 1.165) is 12.1 Å². The van der Waals surface area contributed by atoms with Gasteiger partial charge >= 0.3 is 0 Å². The van der Waals surface area contributed by atoms with Gasteiger partial charge in [-0.25, -0.2) is 0 Å². The quantitative estimate of drug-likeness (QED) is 0.622. The van der Waals surface area contributed by atoms with E-state index in [9.17, 15) is 0 Å². The number of hydrogen-bond donors (Lipinski definition) is 1. The second-order valence-electron chi connectivity index (χ2n) is 2.89. The van der Waals surface area contributed by atoms with Gasteiger partial charge in [-0.15, -0.1) is 0 Å². The smallest absolute Gasteiger partial charge is 0.0465 e. The molecule has 4 heteroatoms. The van der Waals surface area contributed by atoms with Crippen LogP contribution in [-0.2, 0) is 6.54 Å². The van der Waals surface area contributed by atoms with E-state index in [4.69, 9.17) is 23.2 Å². The minimum atomic E-state index is 0.669. The molecule has 0 aliphatic heterocycles. The maximum atomic E-state index is 5.99. The summed E-state index contributed by atoms with van der Waals surface area (Å²) in [6.45, 7) is 0.791. The van der Waals surface area contributed by atoms with Gasteiger partial charge in [0.25, 0.3) is 0 Å². The lowest BCUT2D eigenvalue weighted by Crippen LogP contribution is -2.15. The lowest BCUT2D eigenvalue weighted by Gasteiger charge is -2.14. The van der Waals surface area contributed by atoms with Crippen molar-refractivity contribution in [2.75, 3.05) is 12.9 Å². The lowest BCUT2D eigenvalue weighted by molar-refractivity contribution is 0.387.